The molecule has 0 spiro atoms. The van der Waals surface area contributed by atoms with Gasteiger partial charge in [-0.1, -0.05) is 0 Å². The van der Waals surface area contributed by atoms with Gasteiger partial charge in [0.05, 0.1) is 13.3 Å². The molecule has 0 bridgehead atoms. The number of methoxy groups -OCH3 is 1. The lowest BCUT2D eigenvalue weighted by Crippen LogP contribution is -1.87. The van der Waals surface area contributed by atoms with Gasteiger partial charge in [0.2, 0.25) is 0 Å². The van der Waals surface area contributed by atoms with Crippen molar-refractivity contribution in [1.82, 2.24) is 9.97 Å². The van der Waals surface area contributed by atoms with Crippen molar-refractivity contribution in [2.24, 2.45) is 0 Å². The molecule has 0 atom stereocenters. The topological polar surface area (TPSA) is 35.0 Å². The van der Waals surface area contributed by atoms with Crippen LogP contribution in [0.3, 0.4) is 0 Å². The first kappa shape index (κ1) is 8.44. The highest BCUT2D eigenvalue weighted by Gasteiger charge is 2.01. The highest BCUT2D eigenvalue weighted by molar-refractivity contribution is 9.10. The average Bonchev–Trinajstić information content (AvgIpc) is 2.18. The van der Waals surface area contributed by atoms with E-state index < -0.39 is 0 Å². The van der Waals surface area contributed by atoms with Crippen LogP contribution in [0.4, 0.5) is 0 Å². The Bertz CT molecular complexity index is 445. The van der Waals surface area contributed by atoms with E-state index in [0.29, 0.717) is 0 Å². The molecule has 2 heterocycles. The first-order valence-corrected chi connectivity index (χ1v) is 4.55. The summed E-state index contributed by atoms with van der Waals surface area (Å²) in [6.45, 7) is 0. The van der Waals surface area contributed by atoms with Crippen LogP contribution in [-0.4, -0.2) is 17.1 Å². The fourth-order valence-corrected chi connectivity index (χ4v) is 1.57. The summed E-state index contributed by atoms with van der Waals surface area (Å²) in [6.07, 6.45) is 3.41. The van der Waals surface area contributed by atoms with Crippen LogP contribution in [0.1, 0.15) is 0 Å². The van der Waals surface area contributed by atoms with Crippen LogP contribution in [0.5, 0.6) is 5.75 Å². The molecule has 3 nitrogen and oxygen atoms in total. The Hall–Kier alpha value is -1.16. The van der Waals surface area contributed by atoms with Gasteiger partial charge in [0.25, 0.3) is 0 Å². The molecule has 0 radical (unpaired) electrons. The van der Waals surface area contributed by atoms with Crippen molar-refractivity contribution < 1.29 is 4.74 Å². The lowest BCUT2D eigenvalue weighted by Gasteiger charge is -2.01. The number of fused-ring (bicyclic) bond motifs is 1. The molecule has 0 saturated heterocycles. The van der Waals surface area contributed by atoms with E-state index in [-0.39, 0.29) is 0 Å². The molecule has 2 aromatic heterocycles. The van der Waals surface area contributed by atoms with E-state index in [4.69, 9.17) is 4.74 Å². The van der Waals surface area contributed by atoms with Gasteiger partial charge in [-0.15, -0.1) is 0 Å². The third kappa shape index (κ3) is 1.49. The molecular formula is C9H7BrN2O. The molecule has 0 amide bonds. The van der Waals surface area contributed by atoms with Crippen molar-refractivity contribution >= 4 is 26.8 Å². The van der Waals surface area contributed by atoms with E-state index >= 15 is 0 Å². The summed E-state index contributed by atoms with van der Waals surface area (Å²) in [6, 6.07) is 3.82. The standard InChI is InChI=1S/C9H7BrN2O/c1-13-7-4-6-2-3-11-9(10)8(6)12-5-7/h2-5H,1H3. The fraction of sp³-hybridized carbons (Fsp3) is 0.111. The number of hydrogen-bond acceptors (Lipinski definition) is 3. The second-order valence-corrected chi connectivity index (χ2v) is 3.30. The molecule has 2 aromatic rings. The Morgan fingerprint density at radius 1 is 1.38 bits per heavy atom. The zero-order valence-corrected chi connectivity index (χ0v) is 8.58. The Kier molecular flexibility index (Phi) is 2.14. The Morgan fingerprint density at radius 2 is 2.23 bits per heavy atom. The van der Waals surface area contributed by atoms with Crippen molar-refractivity contribution in [3.05, 3.63) is 29.1 Å². The van der Waals surface area contributed by atoms with Gasteiger partial charge < -0.3 is 4.74 Å². The van der Waals surface area contributed by atoms with Gasteiger partial charge in [0.1, 0.15) is 15.9 Å². The highest BCUT2D eigenvalue weighted by Crippen LogP contribution is 2.22. The summed E-state index contributed by atoms with van der Waals surface area (Å²) in [5, 5.41) is 1.02. The molecule has 66 valence electrons. The summed E-state index contributed by atoms with van der Waals surface area (Å²) >= 11 is 3.33. The summed E-state index contributed by atoms with van der Waals surface area (Å²) in [7, 11) is 1.62. The maximum atomic E-state index is 5.06. The first-order valence-electron chi connectivity index (χ1n) is 3.75. The van der Waals surface area contributed by atoms with Gasteiger partial charge in [-0.05, 0) is 28.1 Å². The van der Waals surface area contributed by atoms with Crippen molar-refractivity contribution in [3.63, 3.8) is 0 Å². The predicted octanol–water partition coefficient (Wildman–Crippen LogP) is 2.40. The van der Waals surface area contributed by atoms with Gasteiger partial charge in [-0.25, -0.2) is 9.97 Å². The quantitative estimate of drug-likeness (QED) is 0.716. The number of hydrogen-bond donors (Lipinski definition) is 0. The van der Waals surface area contributed by atoms with Crippen LogP contribution in [0.15, 0.2) is 29.1 Å². The summed E-state index contributed by atoms with van der Waals surface area (Å²) < 4.78 is 5.82. The summed E-state index contributed by atoms with van der Waals surface area (Å²) in [5.41, 5.74) is 0.850. The monoisotopic (exact) mass is 238 g/mol. The van der Waals surface area contributed by atoms with E-state index in [1.165, 1.54) is 0 Å². The van der Waals surface area contributed by atoms with Crippen LogP contribution in [0.2, 0.25) is 0 Å². The fourth-order valence-electron chi connectivity index (χ4n) is 1.12. The average molecular weight is 239 g/mol. The second-order valence-electron chi connectivity index (χ2n) is 2.55. The zero-order valence-electron chi connectivity index (χ0n) is 6.99. The van der Waals surface area contributed by atoms with Crippen LogP contribution in [0.25, 0.3) is 10.9 Å². The van der Waals surface area contributed by atoms with Crippen molar-refractivity contribution in [3.8, 4) is 5.75 Å². The van der Waals surface area contributed by atoms with Crippen molar-refractivity contribution in [1.29, 1.82) is 0 Å². The van der Waals surface area contributed by atoms with Crippen LogP contribution in [0, 0.1) is 0 Å². The van der Waals surface area contributed by atoms with E-state index in [9.17, 15) is 0 Å². The number of pyridine rings is 2. The van der Waals surface area contributed by atoms with E-state index in [2.05, 4.69) is 25.9 Å². The molecule has 0 unspecified atom stereocenters. The van der Waals surface area contributed by atoms with Crippen LogP contribution < -0.4 is 4.74 Å². The molecule has 0 saturated carbocycles. The van der Waals surface area contributed by atoms with Crippen LogP contribution in [-0.2, 0) is 0 Å². The lowest BCUT2D eigenvalue weighted by atomic mass is 10.2. The number of halogens is 1. The van der Waals surface area contributed by atoms with Crippen molar-refractivity contribution in [2.45, 2.75) is 0 Å². The van der Waals surface area contributed by atoms with Gasteiger partial charge in [0.15, 0.2) is 0 Å². The number of aromatic nitrogens is 2. The minimum Gasteiger partial charge on any atom is -0.495 e. The van der Waals surface area contributed by atoms with Gasteiger partial charge in [-0.2, -0.15) is 0 Å². The summed E-state index contributed by atoms with van der Waals surface area (Å²) in [4.78, 5) is 8.29. The Balaban J connectivity index is 2.72. The van der Waals surface area contributed by atoms with Gasteiger partial charge in [-0.3, -0.25) is 0 Å². The third-order valence-corrected chi connectivity index (χ3v) is 2.35. The first-order chi connectivity index (χ1) is 6.31. The molecule has 0 fully saturated rings. The van der Waals surface area contributed by atoms with E-state index in [1.54, 1.807) is 19.5 Å². The van der Waals surface area contributed by atoms with E-state index in [1.807, 2.05) is 12.1 Å². The zero-order chi connectivity index (χ0) is 9.26. The predicted molar refractivity (Wildman–Crippen MR) is 53.8 cm³/mol. The number of rotatable bonds is 1. The SMILES string of the molecule is COc1cnc2c(Br)nccc2c1. The molecule has 2 rings (SSSR count). The van der Waals surface area contributed by atoms with E-state index in [0.717, 1.165) is 21.3 Å². The van der Waals surface area contributed by atoms with Gasteiger partial charge >= 0.3 is 0 Å². The maximum absolute atomic E-state index is 5.06. The summed E-state index contributed by atoms with van der Waals surface area (Å²) in [5.74, 6) is 0.755. The molecule has 0 aromatic carbocycles. The van der Waals surface area contributed by atoms with Crippen molar-refractivity contribution in [2.75, 3.05) is 7.11 Å². The van der Waals surface area contributed by atoms with Gasteiger partial charge in [0, 0.05) is 11.6 Å². The largest absolute Gasteiger partial charge is 0.495 e. The molecule has 0 aliphatic rings. The molecule has 13 heavy (non-hydrogen) atoms. The lowest BCUT2D eigenvalue weighted by molar-refractivity contribution is 0.413. The smallest absolute Gasteiger partial charge is 0.137 e. The van der Waals surface area contributed by atoms with Crippen LogP contribution >= 0.6 is 15.9 Å². The second kappa shape index (κ2) is 3.30. The Labute approximate surface area is 83.9 Å². The molecular weight excluding hydrogens is 232 g/mol. The number of ether oxygens (including phenoxy) is 1. The molecule has 0 N–H and O–H groups in total. The molecule has 0 aliphatic heterocycles. The maximum Gasteiger partial charge on any atom is 0.137 e. The third-order valence-electron chi connectivity index (χ3n) is 1.77. The highest BCUT2D eigenvalue weighted by atomic mass is 79.9. The normalized spacial score (nSPS) is 10.3. The number of nitrogens with zero attached hydrogens (tertiary/aromatic N) is 2. The molecule has 0 aliphatic carbocycles. The Morgan fingerprint density at radius 3 is 3.00 bits per heavy atom. The molecule has 4 heteroatoms. The minimum atomic E-state index is 0.755. The minimum absolute atomic E-state index is 0.755.